The first-order valence-corrected chi connectivity index (χ1v) is 7.33. The number of thiocarbonyl (C=S) groups is 1. The molecule has 0 amide bonds. The fourth-order valence-electron chi connectivity index (χ4n) is 1.89. The zero-order valence-electron chi connectivity index (χ0n) is 9.41. The molecule has 0 atom stereocenters. The molecule has 0 heterocycles. The maximum Gasteiger partial charge on any atom is 0.176 e. The summed E-state index contributed by atoms with van der Waals surface area (Å²) in [5.74, 6) is 0. The van der Waals surface area contributed by atoms with Gasteiger partial charge in [-0.2, -0.15) is 0 Å². The molecule has 1 aliphatic carbocycles. The van der Waals surface area contributed by atoms with Crippen LogP contribution >= 0.6 is 35.8 Å². The van der Waals surface area contributed by atoms with Crippen LogP contribution in [-0.2, 0) is 0 Å². The van der Waals surface area contributed by atoms with Crippen LogP contribution in [0, 0.1) is 0 Å². The SMILES string of the molecule is S=C(NSc1ccc(Cl)cc1)NC1CCCC1. The van der Waals surface area contributed by atoms with Crippen LogP contribution in [0.25, 0.3) is 0 Å². The number of hydrogen-bond donors (Lipinski definition) is 2. The summed E-state index contributed by atoms with van der Waals surface area (Å²) in [7, 11) is 0. The van der Waals surface area contributed by atoms with E-state index in [1.165, 1.54) is 37.6 Å². The molecule has 92 valence electrons. The molecule has 1 aliphatic rings. The Morgan fingerprint density at radius 1 is 1.24 bits per heavy atom. The highest BCUT2D eigenvalue weighted by molar-refractivity contribution is 7.99. The molecule has 0 radical (unpaired) electrons. The first-order chi connectivity index (χ1) is 8.24. The molecule has 5 heteroatoms. The lowest BCUT2D eigenvalue weighted by Gasteiger charge is -2.14. The lowest BCUT2D eigenvalue weighted by molar-refractivity contribution is 0.630. The van der Waals surface area contributed by atoms with E-state index in [4.69, 9.17) is 23.8 Å². The Morgan fingerprint density at radius 2 is 1.88 bits per heavy atom. The largest absolute Gasteiger partial charge is 0.359 e. The van der Waals surface area contributed by atoms with E-state index in [-0.39, 0.29) is 0 Å². The van der Waals surface area contributed by atoms with Gasteiger partial charge in [0.15, 0.2) is 5.11 Å². The van der Waals surface area contributed by atoms with Crippen molar-refractivity contribution in [3.63, 3.8) is 0 Å². The molecule has 2 nitrogen and oxygen atoms in total. The summed E-state index contributed by atoms with van der Waals surface area (Å²) in [6.45, 7) is 0. The van der Waals surface area contributed by atoms with E-state index in [2.05, 4.69) is 10.0 Å². The van der Waals surface area contributed by atoms with Crippen molar-refractivity contribution < 1.29 is 0 Å². The minimum Gasteiger partial charge on any atom is -0.359 e. The van der Waals surface area contributed by atoms with Crippen molar-refractivity contribution in [2.24, 2.45) is 0 Å². The lowest BCUT2D eigenvalue weighted by Crippen LogP contribution is -2.37. The van der Waals surface area contributed by atoms with Gasteiger partial charge in [-0.1, -0.05) is 24.4 Å². The highest BCUT2D eigenvalue weighted by atomic mass is 35.5. The second-order valence-electron chi connectivity index (χ2n) is 4.11. The van der Waals surface area contributed by atoms with Gasteiger partial charge in [0.1, 0.15) is 0 Å². The van der Waals surface area contributed by atoms with Crippen molar-refractivity contribution in [1.29, 1.82) is 0 Å². The predicted molar refractivity (Wildman–Crippen MR) is 78.4 cm³/mol. The van der Waals surface area contributed by atoms with E-state index in [1.54, 1.807) is 0 Å². The van der Waals surface area contributed by atoms with E-state index < -0.39 is 0 Å². The smallest absolute Gasteiger partial charge is 0.176 e. The van der Waals surface area contributed by atoms with Gasteiger partial charge in [-0.25, -0.2) is 0 Å². The highest BCUT2D eigenvalue weighted by Gasteiger charge is 2.15. The average molecular weight is 287 g/mol. The van der Waals surface area contributed by atoms with Gasteiger partial charge in [-0.15, -0.1) is 0 Å². The summed E-state index contributed by atoms with van der Waals surface area (Å²) in [6.07, 6.45) is 5.08. The molecule has 0 aliphatic heterocycles. The Labute approximate surface area is 117 Å². The van der Waals surface area contributed by atoms with Crippen LogP contribution in [0.4, 0.5) is 0 Å². The summed E-state index contributed by atoms with van der Waals surface area (Å²) < 4.78 is 3.14. The van der Waals surface area contributed by atoms with E-state index in [9.17, 15) is 0 Å². The predicted octanol–water partition coefficient (Wildman–Crippen LogP) is 3.75. The first kappa shape index (κ1) is 13.0. The zero-order valence-corrected chi connectivity index (χ0v) is 11.8. The minimum absolute atomic E-state index is 0.556. The standard InChI is InChI=1S/C12H15ClN2S2/c13-9-5-7-11(8-6-9)17-15-12(16)14-10-3-1-2-4-10/h5-8,10H,1-4H2,(H2,14,15,16). The molecule has 0 saturated heterocycles. The van der Waals surface area contributed by atoms with E-state index in [1.807, 2.05) is 24.3 Å². The molecule has 1 saturated carbocycles. The van der Waals surface area contributed by atoms with Crippen LogP contribution in [0.5, 0.6) is 0 Å². The van der Waals surface area contributed by atoms with Crippen molar-refractivity contribution in [1.82, 2.24) is 10.0 Å². The van der Waals surface area contributed by atoms with Gasteiger partial charge in [-0.3, -0.25) is 0 Å². The van der Waals surface area contributed by atoms with Crippen LogP contribution < -0.4 is 10.0 Å². The summed E-state index contributed by atoms with van der Waals surface area (Å²) >= 11 is 12.6. The highest BCUT2D eigenvalue weighted by Crippen LogP contribution is 2.19. The molecule has 0 spiro atoms. The number of benzene rings is 1. The Hall–Kier alpha value is -0.450. The van der Waals surface area contributed by atoms with Crippen LogP contribution in [0.1, 0.15) is 25.7 Å². The van der Waals surface area contributed by atoms with Gasteiger partial charge in [-0.05, 0) is 61.3 Å². The van der Waals surface area contributed by atoms with E-state index in [0.29, 0.717) is 6.04 Å². The maximum atomic E-state index is 5.82. The third kappa shape index (κ3) is 4.37. The van der Waals surface area contributed by atoms with E-state index in [0.717, 1.165) is 15.0 Å². The first-order valence-electron chi connectivity index (χ1n) is 5.73. The molecular weight excluding hydrogens is 272 g/mol. The van der Waals surface area contributed by atoms with E-state index >= 15 is 0 Å². The normalized spacial score (nSPS) is 15.8. The summed E-state index contributed by atoms with van der Waals surface area (Å²) in [4.78, 5) is 1.10. The second-order valence-corrected chi connectivity index (χ2v) is 5.84. The summed E-state index contributed by atoms with van der Waals surface area (Å²) in [6, 6.07) is 8.25. The lowest BCUT2D eigenvalue weighted by atomic mass is 10.3. The van der Waals surface area contributed by atoms with Gasteiger partial charge >= 0.3 is 0 Å². The van der Waals surface area contributed by atoms with Gasteiger partial charge in [0.2, 0.25) is 0 Å². The van der Waals surface area contributed by atoms with Crippen molar-refractivity contribution in [3.05, 3.63) is 29.3 Å². The van der Waals surface area contributed by atoms with Crippen LogP contribution in [0.2, 0.25) is 5.02 Å². The van der Waals surface area contributed by atoms with Crippen LogP contribution in [0.15, 0.2) is 29.2 Å². The van der Waals surface area contributed by atoms with Crippen LogP contribution in [0.3, 0.4) is 0 Å². The molecule has 1 aromatic rings. The van der Waals surface area contributed by atoms with Gasteiger partial charge in [0.25, 0.3) is 0 Å². The third-order valence-electron chi connectivity index (χ3n) is 2.77. The number of hydrogen-bond acceptors (Lipinski definition) is 2. The molecular formula is C12H15ClN2S2. The Morgan fingerprint density at radius 3 is 2.53 bits per heavy atom. The quantitative estimate of drug-likeness (QED) is 0.653. The number of halogens is 1. The molecule has 2 N–H and O–H groups in total. The number of nitrogens with one attached hydrogen (secondary N) is 2. The summed E-state index contributed by atoms with van der Waals surface area (Å²) in [5.41, 5.74) is 0. The Balaban J connectivity index is 1.73. The molecule has 0 unspecified atom stereocenters. The van der Waals surface area contributed by atoms with Gasteiger partial charge in [0.05, 0.1) is 0 Å². The van der Waals surface area contributed by atoms with Gasteiger partial charge < -0.3 is 10.0 Å². The van der Waals surface area contributed by atoms with Gasteiger partial charge in [0, 0.05) is 16.0 Å². The fraction of sp³-hybridized carbons (Fsp3) is 0.417. The second kappa shape index (κ2) is 6.47. The van der Waals surface area contributed by atoms with Crippen molar-refractivity contribution in [2.75, 3.05) is 0 Å². The topological polar surface area (TPSA) is 24.1 Å². The van der Waals surface area contributed by atoms with Crippen molar-refractivity contribution >= 4 is 40.9 Å². The molecule has 1 aromatic carbocycles. The molecule has 2 rings (SSSR count). The Bertz CT molecular complexity index is 375. The average Bonchev–Trinajstić information content (AvgIpc) is 2.81. The monoisotopic (exact) mass is 286 g/mol. The fourth-order valence-corrected chi connectivity index (χ4v) is 2.85. The molecule has 1 fully saturated rings. The summed E-state index contributed by atoms with van der Waals surface area (Å²) in [5, 5.41) is 4.80. The molecule has 0 bridgehead atoms. The number of rotatable bonds is 3. The van der Waals surface area contributed by atoms with Crippen molar-refractivity contribution in [3.8, 4) is 0 Å². The van der Waals surface area contributed by atoms with Crippen molar-refractivity contribution in [2.45, 2.75) is 36.6 Å². The Kier molecular flexibility index (Phi) is 4.95. The maximum absolute atomic E-state index is 5.82. The molecule has 0 aromatic heterocycles. The minimum atomic E-state index is 0.556. The zero-order chi connectivity index (χ0) is 12.1. The molecule has 17 heavy (non-hydrogen) atoms. The van der Waals surface area contributed by atoms with Crippen LogP contribution in [-0.4, -0.2) is 11.2 Å². The third-order valence-corrected chi connectivity index (χ3v) is 4.18.